The van der Waals surface area contributed by atoms with Gasteiger partial charge in [0, 0.05) is 18.7 Å². The molecule has 2 rings (SSSR count). The third-order valence-electron chi connectivity index (χ3n) is 3.94. The molecule has 0 aliphatic rings. The predicted molar refractivity (Wildman–Crippen MR) is 111 cm³/mol. The lowest BCUT2D eigenvalue weighted by atomic mass is 10.1. The lowest BCUT2D eigenvalue weighted by Gasteiger charge is -2.14. The highest BCUT2D eigenvalue weighted by atomic mass is 19.4. The predicted octanol–water partition coefficient (Wildman–Crippen LogP) is 3.73. The smallest absolute Gasteiger partial charge is 0.416 e. The molecule has 0 bridgehead atoms. The lowest BCUT2D eigenvalue weighted by molar-refractivity contribution is -0.137. The second-order valence-corrected chi connectivity index (χ2v) is 6.88. The normalized spacial score (nSPS) is 10.9. The van der Waals surface area contributed by atoms with E-state index in [1.165, 1.54) is 18.2 Å². The van der Waals surface area contributed by atoms with Crippen molar-refractivity contribution in [2.75, 3.05) is 11.9 Å². The number of hydrogen-bond acceptors (Lipinski definition) is 5. The molecule has 4 N–H and O–H groups in total. The molecule has 8 nitrogen and oxygen atoms in total. The van der Waals surface area contributed by atoms with Gasteiger partial charge in [0.2, 0.25) is 5.91 Å². The highest BCUT2D eigenvalue weighted by Crippen LogP contribution is 2.30. The Kier molecular flexibility index (Phi) is 8.45. The molecule has 0 heterocycles. The lowest BCUT2D eigenvalue weighted by Crippen LogP contribution is -2.43. The van der Waals surface area contributed by atoms with E-state index >= 15 is 0 Å². The molecular weight excluding hydrogens is 429 g/mol. The highest BCUT2D eigenvalue weighted by molar-refractivity contribution is 6.01. The molecule has 0 aliphatic heterocycles. The summed E-state index contributed by atoms with van der Waals surface area (Å²) in [5.74, 6) is -1.18. The second kappa shape index (κ2) is 11.0. The van der Waals surface area contributed by atoms with Gasteiger partial charge in [-0.15, -0.1) is 0 Å². The number of alkyl halides is 3. The highest BCUT2D eigenvalue weighted by Gasteiger charge is 2.30. The number of ether oxygens (including phenoxy) is 1. The molecule has 0 unspecified atom stereocenters. The number of rotatable bonds is 7. The van der Waals surface area contributed by atoms with Crippen LogP contribution in [0.2, 0.25) is 0 Å². The van der Waals surface area contributed by atoms with E-state index in [2.05, 4.69) is 21.5 Å². The molecule has 11 heteroatoms. The molecule has 0 saturated carbocycles. The van der Waals surface area contributed by atoms with Crippen LogP contribution in [0.3, 0.4) is 0 Å². The summed E-state index contributed by atoms with van der Waals surface area (Å²) in [4.78, 5) is 35.6. The van der Waals surface area contributed by atoms with E-state index in [1.807, 2.05) is 0 Å². The van der Waals surface area contributed by atoms with Crippen molar-refractivity contribution in [2.45, 2.75) is 32.5 Å². The Morgan fingerprint density at radius 3 is 2.25 bits per heavy atom. The molecule has 0 fully saturated rings. The van der Waals surface area contributed by atoms with Crippen molar-refractivity contribution in [3.8, 4) is 0 Å². The first-order valence-corrected chi connectivity index (χ1v) is 9.63. The molecule has 2 aromatic carbocycles. The van der Waals surface area contributed by atoms with Crippen molar-refractivity contribution in [3.05, 3.63) is 59.7 Å². The van der Waals surface area contributed by atoms with E-state index in [9.17, 15) is 27.6 Å². The molecule has 0 radical (unpaired) electrons. The van der Waals surface area contributed by atoms with Gasteiger partial charge in [0.1, 0.15) is 0 Å². The topological polar surface area (TPSA) is 109 Å². The summed E-state index contributed by atoms with van der Waals surface area (Å²) < 4.78 is 43.0. The number of halogens is 3. The summed E-state index contributed by atoms with van der Waals surface area (Å²) in [6.07, 6.45) is -5.49. The largest absolute Gasteiger partial charge is 0.447 e. The molecule has 0 spiro atoms. The minimum Gasteiger partial charge on any atom is -0.447 e. The van der Waals surface area contributed by atoms with Gasteiger partial charge in [-0.25, -0.2) is 4.79 Å². The minimum absolute atomic E-state index is 0.0132. The summed E-state index contributed by atoms with van der Waals surface area (Å²) in [5, 5.41) is 5.28. The van der Waals surface area contributed by atoms with Crippen molar-refractivity contribution in [3.63, 3.8) is 0 Å². The molecule has 3 amide bonds. The van der Waals surface area contributed by atoms with Gasteiger partial charge in [-0.2, -0.15) is 13.2 Å². The average Bonchev–Trinajstić information content (AvgIpc) is 2.71. The van der Waals surface area contributed by atoms with Crippen LogP contribution in [0.5, 0.6) is 0 Å². The Labute approximate surface area is 182 Å². The molecule has 32 heavy (non-hydrogen) atoms. The van der Waals surface area contributed by atoms with Gasteiger partial charge < -0.3 is 15.4 Å². The van der Waals surface area contributed by atoms with E-state index in [1.54, 1.807) is 32.0 Å². The Balaban J connectivity index is 1.90. The van der Waals surface area contributed by atoms with E-state index in [-0.39, 0.29) is 24.6 Å². The fourth-order valence-electron chi connectivity index (χ4n) is 2.48. The molecule has 0 atom stereocenters. The molecule has 0 aliphatic carbocycles. The van der Waals surface area contributed by atoms with Crippen LogP contribution in [-0.4, -0.2) is 30.6 Å². The number of hydrazine groups is 1. The summed E-state index contributed by atoms with van der Waals surface area (Å²) >= 11 is 0. The zero-order valence-corrected chi connectivity index (χ0v) is 17.4. The first-order chi connectivity index (χ1) is 15.1. The first-order valence-electron chi connectivity index (χ1n) is 9.63. The Bertz CT molecular complexity index is 947. The van der Waals surface area contributed by atoms with Gasteiger partial charge in [0.25, 0.3) is 5.91 Å². The monoisotopic (exact) mass is 452 g/mol. The number of para-hydroxylation sites is 1. The van der Waals surface area contributed by atoms with Crippen LogP contribution in [0.4, 0.5) is 29.3 Å². The van der Waals surface area contributed by atoms with Crippen molar-refractivity contribution in [1.29, 1.82) is 0 Å². The number of hydrogen-bond donors (Lipinski definition) is 4. The van der Waals surface area contributed by atoms with Crippen LogP contribution >= 0.6 is 0 Å². The molecule has 172 valence electrons. The van der Waals surface area contributed by atoms with Gasteiger partial charge in [0.15, 0.2) is 0 Å². The molecule has 0 saturated heterocycles. The minimum atomic E-state index is -4.45. The number of nitrogens with one attached hydrogen (secondary N) is 4. The van der Waals surface area contributed by atoms with E-state index < -0.39 is 29.6 Å². The fourth-order valence-corrected chi connectivity index (χ4v) is 2.48. The standard InChI is InChI=1S/C21H23F3N4O4/c1-13(2)32-20(31)25-12-11-18(29)27-28-19(30)16-5-3-4-6-17(16)26-15-9-7-14(8-10-15)21(22,23)24/h3-10,13,26H,11-12H2,1-2H3,(H,25,31)(H,27,29)(H,28,30). The van der Waals surface area contributed by atoms with Gasteiger partial charge in [-0.1, -0.05) is 12.1 Å². The summed E-state index contributed by atoms with van der Waals surface area (Å²) in [6, 6.07) is 10.6. The van der Waals surface area contributed by atoms with Gasteiger partial charge in [0.05, 0.1) is 22.9 Å². The van der Waals surface area contributed by atoms with Crippen molar-refractivity contribution in [1.82, 2.24) is 16.2 Å². The molecule has 0 aromatic heterocycles. The number of carbonyl (C=O) groups is 3. The Morgan fingerprint density at radius 1 is 0.969 bits per heavy atom. The van der Waals surface area contributed by atoms with Crippen molar-refractivity contribution in [2.24, 2.45) is 0 Å². The SMILES string of the molecule is CC(C)OC(=O)NCCC(=O)NNC(=O)c1ccccc1Nc1ccc(C(F)(F)F)cc1. The zero-order chi connectivity index (χ0) is 23.7. The number of alkyl carbamates (subject to hydrolysis) is 1. The summed E-state index contributed by atoms with van der Waals surface area (Å²) in [5.41, 5.74) is 4.53. The zero-order valence-electron chi connectivity index (χ0n) is 17.4. The van der Waals surface area contributed by atoms with Gasteiger partial charge in [-0.05, 0) is 50.2 Å². The Hall–Kier alpha value is -3.76. The van der Waals surface area contributed by atoms with Gasteiger partial charge >= 0.3 is 12.3 Å². The maximum Gasteiger partial charge on any atom is 0.416 e. The average molecular weight is 452 g/mol. The summed E-state index contributed by atoms with van der Waals surface area (Å²) in [6.45, 7) is 3.39. The third kappa shape index (κ3) is 7.82. The van der Waals surface area contributed by atoms with Crippen LogP contribution in [0.15, 0.2) is 48.5 Å². The Morgan fingerprint density at radius 2 is 1.62 bits per heavy atom. The van der Waals surface area contributed by atoms with Crippen LogP contribution in [-0.2, 0) is 15.7 Å². The summed E-state index contributed by atoms with van der Waals surface area (Å²) in [7, 11) is 0. The van der Waals surface area contributed by atoms with Crippen LogP contribution in [0.1, 0.15) is 36.2 Å². The number of carbonyl (C=O) groups excluding carboxylic acids is 3. The number of anilines is 2. The second-order valence-electron chi connectivity index (χ2n) is 6.88. The van der Waals surface area contributed by atoms with Crippen molar-refractivity contribution >= 4 is 29.3 Å². The molecule has 2 aromatic rings. The van der Waals surface area contributed by atoms with Crippen LogP contribution in [0, 0.1) is 0 Å². The van der Waals surface area contributed by atoms with Crippen molar-refractivity contribution < 1.29 is 32.3 Å². The molecular formula is C21H23F3N4O4. The first kappa shape index (κ1) is 24.5. The number of amides is 3. The maximum atomic E-state index is 12.7. The van der Waals surface area contributed by atoms with E-state index in [0.29, 0.717) is 11.4 Å². The third-order valence-corrected chi connectivity index (χ3v) is 3.94. The number of benzene rings is 2. The fraction of sp³-hybridized carbons (Fsp3) is 0.286. The van der Waals surface area contributed by atoms with E-state index in [4.69, 9.17) is 4.74 Å². The quantitative estimate of drug-likeness (QED) is 0.479. The maximum absolute atomic E-state index is 12.7. The van der Waals surface area contributed by atoms with Gasteiger partial charge in [-0.3, -0.25) is 20.4 Å². The van der Waals surface area contributed by atoms with Crippen LogP contribution in [0.25, 0.3) is 0 Å². The van der Waals surface area contributed by atoms with Crippen LogP contribution < -0.4 is 21.5 Å². The van der Waals surface area contributed by atoms with E-state index in [0.717, 1.165) is 12.1 Å².